The molecule has 3 nitrogen and oxygen atoms in total. The number of nitrogens with two attached hydrogens (primary N) is 1. The number of allylic oxidation sites excluding steroid dienone is 1. The van der Waals surface area contributed by atoms with E-state index < -0.39 is 0 Å². The normalized spacial score (nSPS) is 30.0. The Morgan fingerprint density at radius 3 is 3.00 bits per heavy atom. The fourth-order valence-corrected chi connectivity index (χ4v) is 1.28. The number of rotatable bonds is 1. The molecule has 1 aliphatic carbocycles. The Morgan fingerprint density at radius 1 is 1.73 bits per heavy atom. The number of hydrogen-bond acceptors (Lipinski definition) is 3. The average Bonchev–Trinajstić information content (AvgIpc) is 2.03. The molecule has 0 heterocycles. The molecule has 0 aromatic rings. The summed E-state index contributed by atoms with van der Waals surface area (Å²) < 4.78 is 4.61. The van der Waals surface area contributed by atoms with Crippen LogP contribution in [0.4, 0.5) is 0 Å². The third kappa shape index (κ3) is 2.05. The van der Waals surface area contributed by atoms with E-state index in [1.165, 1.54) is 7.11 Å². The highest BCUT2D eigenvalue weighted by Gasteiger charge is 2.22. The molecular weight excluding hydrogens is 142 g/mol. The summed E-state index contributed by atoms with van der Waals surface area (Å²) >= 11 is 0. The second-order valence-electron chi connectivity index (χ2n) is 2.78. The summed E-state index contributed by atoms with van der Waals surface area (Å²) in [6.45, 7) is 0. The van der Waals surface area contributed by atoms with Gasteiger partial charge in [0.2, 0.25) is 0 Å². The summed E-state index contributed by atoms with van der Waals surface area (Å²) in [4.78, 5) is 11.0. The van der Waals surface area contributed by atoms with Gasteiger partial charge in [-0.2, -0.15) is 0 Å². The lowest BCUT2D eigenvalue weighted by Crippen LogP contribution is -2.28. The molecule has 0 saturated carbocycles. The molecule has 0 spiro atoms. The van der Waals surface area contributed by atoms with Crippen LogP contribution in [0.2, 0.25) is 0 Å². The second-order valence-corrected chi connectivity index (χ2v) is 2.78. The summed E-state index contributed by atoms with van der Waals surface area (Å²) in [6, 6.07) is 0.0212. The van der Waals surface area contributed by atoms with E-state index in [2.05, 4.69) is 4.74 Å². The molecule has 0 aliphatic heterocycles. The molecule has 3 heteroatoms. The van der Waals surface area contributed by atoms with Gasteiger partial charge in [-0.1, -0.05) is 12.2 Å². The van der Waals surface area contributed by atoms with Gasteiger partial charge < -0.3 is 10.5 Å². The fourth-order valence-electron chi connectivity index (χ4n) is 1.28. The van der Waals surface area contributed by atoms with Crippen LogP contribution in [0.1, 0.15) is 12.8 Å². The van der Waals surface area contributed by atoms with Crippen LogP contribution < -0.4 is 5.73 Å². The summed E-state index contributed by atoms with van der Waals surface area (Å²) in [6.07, 6.45) is 5.35. The van der Waals surface area contributed by atoms with Gasteiger partial charge in [0.25, 0.3) is 0 Å². The van der Waals surface area contributed by atoms with Crippen LogP contribution in [0.15, 0.2) is 12.2 Å². The van der Waals surface area contributed by atoms with E-state index in [1.807, 2.05) is 12.2 Å². The minimum absolute atomic E-state index is 0.0212. The van der Waals surface area contributed by atoms with E-state index in [9.17, 15) is 4.79 Å². The van der Waals surface area contributed by atoms with Gasteiger partial charge in [0.15, 0.2) is 0 Å². The van der Waals surface area contributed by atoms with Crippen LogP contribution >= 0.6 is 0 Å². The Hall–Kier alpha value is -0.830. The average molecular weight is 155 g/mol. The first-order chi connectivity index (χ1) is 5.24. The van der Waals surface area contributed by atoms with Crippen LogP contribution in [-0.4, -0.2) is 19.1 Å². The van der Waals surface area contributed by atoms with Gasteiger partial charge in [-0.05, 0) is 12.8 Å². The van der Waals surface area contributed by atoms with Gasteiger partial charge in [-0.3, -0.25) is 4.79 Å². The maximum absolute atomic E-state index is 11.0. The van der Waals surface area contributed by atoms with Gasteiger partial charge in [-0.25, -0.2) is 0 Å². The Kier molecular flexibility index (Phi) is 2.65. The molecule has 0 unspecified atom stereocenters. The maximum Gasteiger partial charge on any atom is 0.309 e. The van der Waals surface area contributed by atoms with Crippen molar-refractivity contribution in [2.75, 3.05) is 7.11 Å². The first-order valence-corrected chi connectivity index (χ1v) is 3.74. The zero-order chi connectivity index (χ0) is 8.27. The smallest absolute Gasteiger partial charge is 0.309 e. The molecule has 0 aromatic heterocycles. The number of hydrogen-bond donors (Lipinski definition) is 1. The lowest BCUT2D eigenvalue weighted by atomic mass is 9.92. The Morgan fingerprint density at radius 2 is 2.45 bits per heavy atom. The van der Waals surface area contributed by atoms with Gasteiger partial charge >= 0.3 is 5.97 Å². The Labute approximate surface area is 66.2 Å². The van der Waals surface area contributed by atoms with E-state index in [1.54, 1.807) is 0 Å². The summed E-state index contributed by atoms with van der Waals surface area (Å²) in [5, 5.41) is 0. The first kappa shape index (κ1) is 8.27. The van der Waals surface area contributed by atoms with E-state index in [-0.39, 0.29) is 17.9 Å². The van der Waals surface area contributed by atoms with E-state index in [0.717, 1.165) is 6.42 Å². The molecule has 1 aliphatic rings. The highest BCUT2D eigenvalue weighted by Crippen LogP contribution is 2.18. The lowest BCUT2D eigenvalue weighted by Gasteiger charge is -2.19. The Bertz CT molecular complexity index is 177. The monoisotopic (exact) mass is 155 g/mol. The molecule has 0 aromatic carbocycles. The molecule has 11 heavy (non-hydrogen) atoms. The SMILES string of the molecule is COC(=O)[C@@H]1CC=C[C@@H](N)C1. The van der Waals surface area contributed by atoms with Crippen molar-refractivity contribution in [3.8, 4) is 0 Å². The summed E-state index contributed by atoms with van der Waals surface area (Å²) in [5.74, 6) is -0.176. The molecule has 0 radical (unpaired) electrons. The van der Waals surface area contributed by atoms with Crippen molar-refractivity contribution in [1.29, 1.82) is 0 Å². The van der Waals surface area contributed by atoms with Crippen molar-refractivity contribution >= 4 is 5.97 Å². The molecule has 0 fully saturated rings. The highest BCUT2D eigenvalue weighted by molar-refractivity contribution is 5.72. The summed E-state index contributed by atoms with van der Waals surface area (Å²) in [5.41, 5.74) is 5.62. The van der Waals surface area contributed by atoms with Crippen LogP contribution in [0.5, 0.6) is 0 Å². The van der Waals surface area contributed by atoms with Crippen molar-refractivity contribution in [3.63, 3.8) is 0 Å². The number of carbonyl (C=O) groups excluding carboxylic acids is 1. The van der Waals surface area contributed by atoms with Crippen LogP contribution in [-0.2, 0) is 9.53 Å². The van der Waals surface area contributed by atoms with Gasteiger partial charge in [0, 0.05) is 6.04 Å². The van der Waals surface area contributed by atoms with Crippen LogP contribution in [0, 0.1) is 5.92 Å². The number of ether oxygens (including phenoxy) is 1. The second kappa shape index (κ2) is 3.53. The van der Waals surface area contributed by atoms with Gasteiger partial charge in [0.1, 0.15) is 0 Å². The predicted octanol–water partition coefficient (Wildman–Crippen LogP) is 0.453. The zero-order valence-electron chi connectivity index (χ0n) is 6.62. The van der Waals surface area contributed by atoms with Crippen molar-refractivity contribution in [1.82, 2.24) is 0 Å². The summed E-state index contributed by atoms with van der Waals surface area (Å²) in [7, 11) is 1.41. The minimum atomic E-state index is -0.148. The van der Waals surface area contributed by atoms with Gasteiger partial charge in [-0.15, -0.1) is 0 Å². The molecule has 2 atom stereocenters. The van der Waals surface area contributed by atoms with Crippen LogP contribution in [0.25, 0.3) is 0 Å². The third-order valence-electron chi connectivity index (χ3n) is 1.90. The molecule has 0 saturated heterocycles. The van der Waals surface area contributed by atoms with Crippen molar-refractivity contribution < 1.29 is 9.53 Å². The molecular formula is C8H13NO2. The van der Waals surface area contributed by atoms with E-state index in [4.69, 9.17) is 5.73 Å². The number of methoxy groups -OCH3 is 1. The molecule has 1 rings (SSSR count). The maximum atomic E-state index is 11.0. The van der Waals surface area contributed by atoms with Crippen molar-refractivity contribution in [2.24, 2.45) is 11.7 Å². The predicted molar refractivity (Wildman–Crippen MR) is 41.9 cm³/mol. The highest BCUT2D eigenvalue weighted by atomic mass is 16.5. The van der Waals surface area contributed by atoms with E-state index in [0.29, 0.717) is 6.42 Å². The lowest BCUT2D eigenvalue weighted by molar-refractivity contribution is -0.145. The molecule has 0 bridgehead atoms. The topological polar surface area (TPSA) is 52.3 Å². The van der Waals surface area contributed by atoms with Crippen molar-refractivity contribution in [2.45, 2.75) is 18.9 Å². The number of carbonyl (C=O) groups is 1. The quantitative estimate of drug-likeness (QED) is 0.442. The van der Waals surface area contributed by atoms with Crippen LogP contribution in [0.3, 0.4) is 0 Å². The minimum Gasteiger partial charge on any atom is -0.469 e. The first-order valence-electron chi connectivity index (χ1n) is 3.74. The molecule has 2 N–H and O–H groups in total. The fraction of sp³-hybridized carbons (Fsp3) is 0.625. The molecule has 62 valence electrons. The van der Waals surface area contributed by atoms with Gasteiger partial charge in [0.05, 0.1) is 13.0 Å². The molecule has 0 amide bonds. The third-order valence-corrected chi connectivity index (χ3v) is 1.90. The Balaban J connectivity index is 2.49. The number of esters is 1. The van der Waals surface area contributed by atoms with Crippen molar-refractivity contribution in [3.05, 3.63) is 12.2 Å². The standard InChI is InChI=1S/C8H13NO2/c1-11-8(10)6-3-2-4-7(9)5-6/h2,4,6-7H,3,5,9H2,1H3/t6-,7-/m1/s1. The zero-order valence-corrected chi connectivity index (χ0v) is 6.62. The van der Waals surface area contributed by atoms with E-state index >= 15 is 0 Å². The largest absolute Gasteiger partial charge is 0.469 e.